The monoisotopic (exact) mass is 347 g/mol. The van der Waals surface area contributed by atoms with Gasteiger partial charge in [-0.3, -0.25) is 14.2 Å². The zero-order valence-corrected chi connectivity index (χ0v) is 13.7. The third-order valence-electron chi connectivity index (χ3n) is 3.49. The van der Waals surface area contributed by atoms with Crippen LogP contribution in [0.4, 0.5) is 10.1 Å². The molecule has 0 bridgehead atoms. The van der Waals surface area contributed by atoms with Gasteiger partial charge in [0.1, 0.15) is 5.82 Å². The number of halogens is 2. The second kappa shape index (κ2) is 6.84. The Balaban J connectivity index is 1.70. The fourth-order valence-electron chi connectivity index (χ4n) is 2.22. The zero-order chi connectivity index (χ0) is 17.1. The third kappa shape index (κ3) is 3.46. The van der Waals surface area contributed by atoms with Crippen molar-refractivity contribution in [1.82, 2.24) is 19.6 Å². The molecule has 2 heterocycles. The minimum absolute atomic E-state index is 0.176. The van der Waals surface area contributed by atoms with Crippen molar-refractivity contribution in [3.05, 3.63) is 65.0 Å². The molecule has 24 heavy (non-hydrogen) atoms. The Morgan fingerprint density at radius 2 is 2.04 bits per heavy atom. The molecule has 0 aliphatic heterocycles. The molecule has 0 atom stereocenters. The van der Waals surface area contributed by atoms with E-state index in [-0.39, 0.29) is 12.5 Å². The minimum Gasteiger partial charge on any atom is -0.319 e. The lowest BCUT2D eigenvalue weighted by Gasteiger charge is -2.05. The summed E-state index contributed by atoms with van der Waals surface area (Å²) >= 11 is 6.01. The predicted octanol–water partition coefficient (Wildman–Crippen LogP) is 3.19. The van der Waals surface area contributed by atoms with Gasteiger partial charge in [-0.2, -0.15) is 10.2 Å². The molecule has 0 fully saturated rings. The highest BCUT2D eigenvalue weighted by atomic mass is 35.5. The van der Waals surface area contributed by atoms with Crippen LogP contribution in [-0.2, 0) is 13.1 Å². The topological polar surface area (TPSA) is 64.7 Å². The molecule has 1 amide bonds. The van der Waals surface area contributed by atoms with E-state index < -0.39 is 5.82 Å². The summed E-state index contributed by atoms with van der Waals surface area (Å²) in [6.07, 6.45) is 6.28. The van der Waals surface area contributed by atoms with Gasteiger partial charge in [0.15, 0.2) is 0 Å². The zero-order valence-electron chi connectivity index (χ0n) is 12.9. The van der Waals surface area contributed by atoms with Crippen LogP contribution in [0.1, 0.15) is 22.8 Å². The summed E-state index contributed by atoms with van der Waals surface area (Å²) in [7, 11) is 0. The van der Waals surface area contributed by atoms with E-state index in [1.807, 2.05) is 6.92 Å². The Kier molecular flexibility index (Phi) is 4.61. The first-order chi connectivity index (χ1) is 11.6. The third-order valence-corrected chi connectivity index (χ3v) is 3.85. The quantitative estimate of drug-likeness (QED) is 0.770. The number of benzene rings is 1. The molecule has 0 saturated heterocycles. The molecule has 0 spiro atoms. The van der Waals surface area contributed by atoms with Gasteiger partial charge in [-0.05, 0) is 19.1 Å². The summed E-state index contributed by atoms with van der Waals surface area (Å²) in [5, 5.41) is 11.2. The normalized spacial score (nSPS) is 10.8. The van der Waals surface area contributed by atoms with Crippen molar-refractivity contribution in [1.29, 1.82) is 0 Å². The van der Waals surface area contributed by atoms with Crippen molar-refractivity contribution in [3.63, 3.8) is 0 Å². The number of aromatic nitrogens is 4. The smallest absolute Gasteiger partial charge is 0.258 e. The first kappa shape index (κ1) is 16.2. The largest absolute Gasteiger partial charge is 0.319 e. The molecule has 3 rings (SSSR count). The molecule has 0 aliphatic rings. The fourth-order valence-corrected chi connectivity index (χ4v) is 2.44. The molecule has 0 aliphatic carbocycles. The highest BCUT2D eigenvalue weighted by Gasteiger charge is 2.12. The molecule has 2 aromatic heterocycles. The van der Waals surface area contributed by atoms with Crippen molar-refractivity contribution in [2.24, 2.45) is 0 Å². The van der Waals surface area contributed by atoms with Crippen LogP contribution in [0.3, 0.4) is 0 Å². The number of hydrogen-bond donors (Lipinski definition) is 1. The van der Waals surface area contributed by atoms with Crippen LogP contribution in [-0.4, -0.2) is 25.5 Å². The first-order valence-electron chi connectivity index (χ1n) is 7.36. The lowest BCUT2D eigenvalue weighted by atomic mass is 10.2. The lowest BCUT2D eigenvalue weighted by molar-refractivity contribution is 0.102. The van der Waals surface area contributed by atoms with Gasteiger partial charge in [0.05, 0.1) is 30.2 Å². The van der Waals surface area contributed by atoms with Crippen LogP contribution in [0.5, 0.6) is 0 Å². The molecule has 124 valence electrons. The maximum atomic E-state index is 13.8. The van der Waals surface area contributed by atoms with E-state index >= 15 is 0 Å². The Hall–Kier alpha value is -2.67. The summed E-state index contributed by atoms with van der Waals surface area (Å²) in [6, 6.07) is 4.52. The lowest BCUT2D eigenvalue weighted by Crippen LogP contribution is -2.10. The number of hydrogen-bond acceptors (Lipinski definition) is 3. The number of carbonyl (C=O) groups is 1. The van der Waals surface area contributed by atoms with Crippen molar-refractivity contribution in [2.45, 2.75) is 20.0 Å². The molecule has 0 radical (unpaired) electrons. The number of rotatable bonds is 5. The van der Waals surface area contributed by atoms with Crippen molar-refractivity contribution < 1.29 is 9.18 Å². The SMILES string of the molecule is CCn1cc(C(=O)Nc2cnn(Cc3c(F)cccc3Cl)c2)cn1. The maximum Gasteiger partial charge on any atom is 0.258 e. The second-order valence-electron chi connectivity index (χ2n) is 5.17. The van der Waals surface area contributed by atoms with Crippen molar-refractivity contribution in [3.8, 4) is 0 Å². The van der Waals surface area contributed by atoms with Gasteiger partial charge in [-0.1, -0.05) is 17.7 Å². The standard InChI is InChI=1S/C16H15ClFN5O/c1-2-22-8-11(6-19-22)16(24)21-12-7-20-23(9-12)10-13-14(17)4-3-5-15(13)18/h3-9H,2,10H2,1H3,(H,21,24). The van der Waals surface area contributed by atoms with E-state index in [1.165, 1.54) is 23.1 Å². The summed E-state index contributed by atoms with van der Waals surface area (Å²) in [4.78, 5) is 12.1. The van der Waals surface area contributed by atoms with Gasteiger partial charge < -0.3 is 5.32 Å². The molecular weight excluding hydrogens is 333 g/mol. The first-order valence-corrected chi connectivity index (χ1v) is 7.73. The van der Waals surface area contributed by atoms with Crippen LogP contribution >= 0.6 is 11.6 Å². The highest BCUT2D eigenvalue weighted by Crippen LogP contribution is 2.20. The van der Waals surface area contributed by atoms with Gasteiger partial charge in [-0.15, -0.1) is 0 Å². The second-order valence-corrected chi connectivity index (χ2v) is 5.57. The van der Waals surface area contributed by atoms with Crippen LogP contribution in [0.2, 0.25) is 5.02 Å². The van der Waals surface area contributed by atoms with Gasteiger partial charge >= 0.3 is 0 Å². The maximum absolute atomic E-state index is 13.8. The van der Waals surface area contributed by atoms with Crippen molar-refractivity contribution in [2.75, 3.05) is 5.32 Å². The molecule has 8 heteroatoms. The number of carbonyl (C=O) groups excluding carboxylic acids is 1. The van der Waals surface area contributed by atoms with E-state index in [9.17, 15) is 9.18 Å². The summed E-state index contributed by atoms with van der Waals surface area (Å²) in [5.41, 5.74) is 1.32. The van der Waals surface area contributed by atoms with Gasteiger partial charge in [0.25, 0.3) is 5.91 Å². The fraction of sp³-hybridized carbons (Fsp3) is 0.188. The molecule has 0 unspecified atom stereocenters. The predicted molar refractivity (Wildman–Crippen MR) is 88.6 cm³/mol. The molecule has 6 nitrogen and oxygen atoms in total. The molecule has 1 aromatic carbocycles. The van der Waals surface area contributed by atoms with Crippen LogP contribution in [0, 0.1) is 5.82 Å². The van der Waals surface area contributed by atoms with Crippen LogP contribution < -0.4 is 5.32 Å². The van der Waals surface area contributed by atoms with E-state index in [4.69, 9.17) is 11.6 Å². The van der Waals surface area contributed by atoms with E-state index in [2.05, 4.69) is 15.5 Å². The molecule has 1 N–H and O–H groups in total. The van der Waals surface area contributed by atoms with Crippen molar-refractivity contribution >= 4 is 23.2 Å². The van der Waals surface area contributed by atoms with Gasteiger partial charge in [-0.25, -0.2) is 4.39 Å². The highest BCUT2D eigenvalue weighted by molar-refractivity contribution is 6.31. The van der Waals surface area contributed by atoms with E-state index in [0.29, 0.717) is 28.4 Å². The minimum atomic E-state index is -0.393. The van der Waals surface area contributed by atoms with Gasteiger partial charge in [0, 0.05) is 29.5 Å². The Bertz CT molecular complexity index is 853. The number of nitrogens with one attached hydrogen (secondary N) is 1. The summed E-state index contributed by atoms with van der Waals surface area (Å²) < 4.78 is 17.0. The molecular formula is C16H15ClFN5O. The Morgan fingerprint density at radius 1 is 1.25 bits per heavy atom. The van der Waals surface area contributed by atoms with E-state index in [0.717, 1.165) is 0 Å². The Labute approximate surface area is 142 Å². The Morgan fingerprint density at radius 3 is 2.75 bits per heavy atom. The van der Waals surface area contributed by atoms with E-state index in [1.54, 1.807) is 29.2 Å². The average Bonchev–Trinajstić information content (AvgIpc) is 3.20. The molecule has 3 aromatic rings. The summed E-state index contributed by atoms with van der Waals surface area (Å²) in [6.45, 7) is 2.80. The number of anilines is 1. The van der Waals surface area contributed by atoms with Crippen LogP contribution in [0.25, 0.3) is 0 Å². The molecule has 0 saturated carbocycles. The number of aryl methyl sites for hydroxylation is 1. The van der Waals surface area contributed by atoms with Gasteiger partial charge in [0.2, 0.25) is 0 Å². The number of amides is 1. The summed E-state index contributed by atoms with van der Waals surface area (Å²) in [5.74, 6) is -0.672. The van der Waals surface area contributed by atoms with Crippen LogP contribution in [0.15, 0.2) is 43.0 Å². The number of nitrogens with zero attached hydrogens (tertiary/aromatic N) is 4. The average molecular weight is 348 g/mol.